The number of hydrogen-bond donors (Lipinski definition) is 1. The zero-order chi connectivity index (χ0) is 19.0. The Bertz CT molecular complexity index is 1040. The lowest BCUT2D eigenvalue weighted by molar-refractivity contribution is -0.124. The molecule has 0 bridgehead atoms. The monoisotopic (exact) mass is 362 g/mol. The van der Waals surface area contributed by atoms with Crippen LogP contribution in [0.5, 0.6) is 0 Å². The predicted octanol–water partition coefficient (Wildman–Crippen LogP) is 4.46. The second kappa shape index (κ2) is 6.83. The molecule has 3 aromatic carbocycles. The van der Waals surface area contributed by atoms with Crippen LogP contribution >= 0.6 is 0 Å². The van der Waals surface area contributed by atoms with Crippen molar-refractivity contribution in [3.8, 4) is 0 Å². The number of amides is 2. The van der Waals surface area contributed by atoms with Gasteiger partial charge in [-0.15, -0.1) is 0 Å². The molecule has 0 spiro atoms. The fraction of sp³-hybridized carbons (Fsp3) is 0.182. The molecule has 4 rings (SSSR count). The predicted molar refractivity (Wildman–Crippen MR) is 104 cm³/mol. The lowest BCUT2D eigenvalue weighted by Crippen LogP contribution is -2.38. The lowest BCUT2D eigenvalue weighted by Gasteiger charge is -2.30. The minimum atomic E-state index is -0.631. The smallest absolute Gasteiger partial charge is 0.235 e. The molecule has 0 aromatic heterocycles. The zero-order valence-electron chi connectivity index (χ0n) is 14.9. The highest BCUT2D eigenvalue weighted by Crippen LogP contribution is 2.36. The third kappa shape index (κ3) is 3.05. The van der Waals surface area contributed by atoms with Crippen molar-refractivity contribution in [2.45, 2.75) is 19.3 Å². The average molecular weight is 362 g/mol. The summed E-state index contributed by atoms with van der Waals surface area (Å²) in [6.45, 7) is 2.38. The van der Waals surface area contributed by atoms with Crippen molar-refractivity contribution in [3.63, 3.8) is 0 Å². The molecule has 3 aromatic rings. The molecule has 136 valence electrons. The molecular weight excluding hydrogens is 343 g/mol. The summed E-state index contributed by atoms with van der Waals surface area (Å²) in [4.78, 5) is 27.2. The van der Waals surface area contributed by atoms with Crippen LogP contribution < -0.4 is 10.2 Å². The largest absolute Gasteiger partial charge is 0.326 e. The molecule has 1 aliphatic heterocycles. The summed E-state index contributed by atoms with van der Waals surface area (Å²) in [6.07, 6.45) is 0.0543. The van der Waals surface area contributed by atoms with E-state index in [1.54, 1.807) is 11.0 Å². The van der Waals surface area contributed by atoms with Gasteiger partial charge in [0.1, 0.15) is 5.82 Å². The van der Waals surface area contributed by atoms with Crippen LogP contribution in [0.1, 0.15) is 24.8 Å². The van der Waals surface area contributed by atoms with E-state index in [9.17, 15) is 14.0 Å². The second-order valence-corrected chi connectivity index (χ2v) is 6.62. The van der Waals surface area contributed by atoms with Gasteiger partial charge in [0.25, 0.3) is 0 Å². The molecule has 1 aliphatic rings. The van der Waals surface area contributed by atoms with E-state index in [-0.39, 0.29) is 18.2 Å². The fourth-order valence-corrected chi connectivity index (χ4v) is 3.73. The maximum Gasteiger partial charge on any atom is 0.235 e. The van der Waals surface area contributed by atoms with Crippen molar-refractivity contribution < 1.29 is 14.0 Å². The standard InChI is InChI=1S/C22H19FN2O2/c1-2-25(20-9-5-7-14-6-3-4-8-16(14)20)22(27)18-13-21(26)24-19-12-15(23)10-11-17(18)19/h3-12,18H,2,13H2,1H3,(H,24,26). The molecule has 0 saturated carbocycles. The molecule has 1 heterocycles. The number of anilines is 2. The lowest BCUT2D eigenvalue weighted by atomic mass is 9.89. The second-order valence-electron chi connectivity index (χ2n) is 6.62. The summed E-state index contributed by atoms with van der Waals surface area (Å²) in [5.74, 6) is -1.51. The topological polar surface area (TPSA) is 49.4 Å². The number of likely N-dealkylation sites (N-methyl/N-ethyl adjacent to an activating group) is 1. The molecule has 5 heteroatoms. The van der Waals surface area contributed by atoms with Crippen LogP contribution in [0, 0.1) is 5.82 Å². The van der Waals surface area contributed by atoms with Gasteiger partial charge >= 0.3 is 0 Å². The number of carbonyl (C=O) groups is 2. The molecule has 0 saturated heterocycles. The number of fused-ring (bicyclic) bond motifs is 2. The summed E-state index contributed by atoms with van der Waals surface area (Å²) in [5.41, 5.74) is 1.84. The Balaban J connectivity index is 1.78. The van der Waals surface area contributed by atoms with Gasteiger partial charge in [0, 0.05) is 24.0 Å². The summed E-state index contributed by atoms with van der Waals surface area (Å²) in [6, 6.07) is 17.9. The highest BCUT2D eigenvalue weighted by Gasteiger charge is 2.34. The number of benzene rings is 3. The molecule has 0 aliphatic carbocycles. The van der Waals surface area contributed by atoms with Crippen LogP contribution in [0.3, 0.4) is 0 Å². The van der Waals surface area contributed by atoms with E-state index in [4.69, 9.17) is 0 Å². The zero-order valence-corrected chi connectivity index (χ0v) is 14.9. The van der Waals surface area contributed by atoms with Crippen molar-refractivity contribution in [2.24, 2.45) is 0 Å². The molecule has 1 N–H and O–H groups in total. The number of nitrogens with one attached hydrogen (secondary N) is 1. The van der Waals surface area contributed by atoms with E-state index < -0.39 is 11.7 Å². The SMILES string of the molecule is CCN(C(=O)C1CC(=O)Nc2cc(F)ccc21)c1cccc2ccccc12. The molecule has 1 unspecified atom stereocenters. The van der Waals surface area contributed by atoms with E-state index >= 15 is 0 Å². The van der Waals surface area contributed by atoms with Gasteiger partial charge < -0.3 is 10.2 Å². The van der Waals surface area contributed by atoms with Crippen LogP contribution in [-0.2, 0) is 9.59 Å². The van der Waals surface area contributed by atoms with Crippen LogP contribution in [0.15, 0.2) is 60.7 Å². The Kier molecular flexibility index (Phi) is 4.36. The van der Waals surface area contributed by atoms with Gasteiger partial charge in [-0.05, 0) is 36.1 Å². The first-order chi connectivity index (χ1) is 13.1. The number of rotatable bonds is 3. The highest BCUT2D eigenvalue weighted by molar-refractivity contribution is 6.09. The first kappa shape index (κ1) is 17.2. The van der Waals surface area contributed by atoms with Crippen molar-refractivity contribution in [1.82, 2.24) is 0 Å². The summed E-state index contributed by atoms with van der Waals surface area (Å²) in [5, 5.41) is 4.69. The van der Waals surface area contributed by atoms with E-state index in [1.165, 1.54) is 12.1 Å². The van der Waals surface area contributed by atoms with Crippen molar-refractivity contribution in [1.29, 1.82) is 0 Å². The molecule has 1 atom stereocenters. The minimum Gasteiger partial charge on any atom is -0.326 e. The van der Waals surface area contributed by atoms with Crippen molar-refractivity contribution in [3.05, 3.63) is 72.0 Å². The number of hydrogen-bond acceptors (Lipinski definition) is 2. The average Bonchev–Trinajstić information content (AvgIpc) is 2.67. The molecule has 4 nitrogen and oxygen atoms in total. The normalized spacial score (nSPS) is 15.9. The van der Waals surface area contributed by atoms with Crippen LogP contribution in [0.25, 0.3) is 10.8 Å². The first-order valence-corrected chi connectivity index (χ1v) is 8.97. The maximum absolute atomic E-state index is 13.6. The summed E-state index contributed by atoms with van der Waals surface area (Å²) >= 11 is 0. The van der Waals surface area contributed by atoms with E-state index in [0.717, 1.165) is 16.5 Å². The Morgan fingerprint density at radius 3 is 2.74 bits per heavy atom. The van der Waals surface area contributed by atoms with E-state index in [0.29, 0.717) is 17.8 Å². The fourth-order valence-electron chi connectivity index (χ4n) is 3.73. The van der Waals surface area contributed by atoms with Gasteiger partial charge in [-0.25, -0.2) is 4.39 Å². The number of halogens is 1. The number of nitrogens with zero attached hydrogens (tertiary/aromatic N) is 1. The first-order valence-electron chi connectivity index (χ1n) is 8.97. The van der Waals surface area contributed by atoms with Gasteiger partial charge in [-0.2, -0.15) is 0 Å². The van der Waals surface area contributed by atoms with Crippen LogP contribution in [0.4, 0.5) is 15.8 Å². The van der Waals surface area contributed by atoms with Crippen LogP contribution in [0.2, 0.25) is 0 Å². The Morgan fingerprint density at radius 2 is 1.93 bits per heavy atom. The Labute approximate surface area is 156 Å². The molecular formula is C22H19FN2O2. The Hall–Kier alpha value is -3.21. The Morgan fingerprint density at radius 1 is 1.15 bits per heavy atom. The molecule has 0 radical (unpaired) electrons. The van der Waals surface area contributed by atoms with Crippen LogP contribution in [-0.4, -0.2) is 18.4 Å². The van der Waals surface area contributed by atoms with Crippen molar-refractivity contribution >= 4 is 34.0 Å². The van der Waals surface area contributed by atoms with Gasteiger partial charge in [-0.1, -0.05) is 42.5 Å². The number of carbonyl (C=O) groups excluding carboxylic acids is 2. The minimum absolute atomic E-state index is 0.0543. The third-order valence-electron chi connectivity index (χ3n) is 4.99. The van der Waals surface area contributed by atoms with Gasteiger partial charge in [-0.3, -0.25) is 9.59 Å². The van der Waals surface area contributed by atoms with Gasteiger partial charge in [0.05, 0.1) is 11.6 Å². The van der Waals surface area contributed by atoms with Gasteiger partial charge in [0.2, 0.25) is 11.8 Å². The molecule has 0 fully saturated rings. The maximum atomic E-state index is 13.6. The van der Waals surface area contributed by atoms with E-state index in [1.807, 2.05) is 49.4 Å². The molecule has 27 heavy (non-hydrogen) atoms. The third-order valence-corrected chi connectivity index (χ3v) is 4.99. The molecule has 2 amide bonds. The van der Waals surface area contributed by atoms with Crippen molar-refractivity contribution in [2.75, 3.05) is 16.8 Å². The highest BCUT2D eigenvalue weighted by atomic mass is 19.1. The summed E-state index contributed by atoms with van der Waals surface area (Å²) < 4.78 is 13.6. The quantitative estimate of drug-likeness (QED) is 0.748. The summed E-state index contributed by atoms with van der Waals surface area (Å²) in [7, 11) is 0. The van der Waals surface area contributed by atoms with E-state index in [2.05, 4.69) is 5.32 Å². The van der Waals surface area contributed by atoms with Gasteiger partial charge in [0.15, 0.2) is 0 Å².